The molecule has 0 aliphatic heterocycles. The van der Waals surface area contributed by atoms with Crippen LogP contribution in [0.1, 0.15) is 33.8 Å². The topological polar surface area (TPSA) is 101 Å². The van der Waals surface area contributed by atoms with Crippen LogP contribution in [0.15, 0.2) is 41.0 Å². The highest BCUT2D eigenvalue weighted by atomic mass is 32.1. The minimum absolute atomic E-state index is 0.0270. The number of amides is 1. The molecule has 0 aliphatic rings. The average molecular weight is 304 g/mol. The van der Waals surface area contributed by atoms with Crippen molar-refractivity contribution in [3.63, 3.8) is 0 Å². The lowest BCUT2D eigenvalue weighted by Gasteiger charge is -2.10. The number of aromatic nitrogens is 1. The molecule has 1 amide bonds. The average Bonchev–Trinajstić information content (AvgIpc) is 3.06. The van der Waals surface area contributed by atoms with E-state index in [4.69, 9.17) is 10.9 Å². The van der Waals surface area contributed by atoms with Gasteiger partial charge in [0.05, 0.1) is 5.01 Å². The number of carbonyl (C=O) groups is 1. The Labute approximate surface area is 126 Å². The van der Waals surface area contributed by atoms with Gasteiger partial charge in [0.15, 0.2) is 5.84 Å². The summed E-state index contributed by atoms with van der Waals surface area (Å²) in [5, 5.41) is 17.3. The van der Waals surface area contributed by atoms with Gasteiger partial charge >= 0.3 is 0 Å². The summed E-state index contributed by atoms with van der Waals surface area (Å²) in [6.07, 6.45) is 1.75. The minimum atomic E-state index is -0.203. The molecule has 1 heterocycles. The summed E-state index contributed by atoms with van der Waals surface area (Å²) in [5.41, 5.74) is 6.47. The maximum absolute atomic E-state index is 12.1. The summed E-state index contributed by atoms with van der Waals surface area (Å²) in [6, 6.07) is 6.62. The van der Waals surface area contributed by atoms with E-state index >= 15 is 0 Å². The minimum Gasteiger partial charge on any atom is -0.409 e. The number of oxime groups is 1. The molecular formula is C14H16N4O2S. The van der Waals surface area contributed by atoms with Crippen molar-refractivity contribution in [1.29, 1.82) is 0 Å². The molecule has 0 spiro atoms. The van der Waals surface area contributed by atoms with Crippen LogP contribution in [-0.2, 0) is 0 Å². The van der Waals surface area contributed by atoms with Gasteiger partial charge in [-0.25, -0.2) is 4.98 Å². The Kier molecular flexibility index (Phi) is 4.89. The molecule has 110 valence electrons. The van der Waals surface area contributed by atoms with Gasteiger partial charge in [0.25, 0.3) is 5.91 Å². The Balaban J connectivity index is 2.00. The zero-order valence-electron chi connectivity index (χ0n) is 11.5. The van der Waals surface area contributed by atoms with Crippen LogP contribution in [0.2, 0.25) is 0 Å². The molecule has 0 saturated heterocycles. The molecule has 2 aromatic rings. The molecule has 0 aliphatic carbocycles. The van der Waals surface area contributed by atoms with Crippen molar-refractivity contribution < 1.29 is 10.0 Å². The number of thiazole rings is 1. The first-order valence-electron chi connectivity index (χ1n) is 6.37. The third kappa shape index (κ3) is 3.79. The smallest absolute Gasteiger partial charge is 0.251 e. The standard InChI is InChI=1S/C14H16N4O2S/c1-9(14-16-5-6-21-14)8-17-13(19)11-4-2-3-10(7-11)12(15)18-20/h2-7,9,20H,8H2,1H3,(H2,15,18)(H,17,19). The fourth-order valence-electron chi connectivity index (χ4n) is 1.79. The molecule has 6 nitrogen and oxygen atoms in total. The van der Waals surface area contributed by atoms with Crippen molar-refractivity contribution in [2.24, 2.45) is 10.9 Å². The van der Waals surface area contributed by atoms with Gasteiger partial charge in [0.1, 0.15) is 0 Å². The molecule has 0 saturated carbocycles. The molecule has 0 radical (unpaired) electrons. The second-order valence-electron chi connectivity index (χ2n) is 4.55. The third-order valence-corrected chi connectivity index (χ3v) is 3.98. The van der Waals surface area contributed by atoms with E-state index in [-0.39, 0.29) is 17.7 Å². The number of carbonyl (C=O) groups excluding carboxylic acids is 1. The third-order valence-electron chi connectivity index (χ3n) is 2.97. The van der Waals surface area contributed by atoms with Gasteiger partial charge in [-0.3, -0.25) is 4.79 Å². The molecule has 1 aromatic carbocycles. The highest BCUT2D eigenvalue weighted by molar-refractivity contribution is 7.09. The summed E-state index contributed by atoms with van der Waals surface area (Å²) >= 11 is 1.57. The van der Waals surface area contributed by atoms with E-state index in [9.17, 15) is 4.79 Å². The largest absolute Gasteiger partial charge is 0.409 e. The van der Waals surface area contributed by atoms with E-state index in [2.05, 4.69) is 15.5 Å². The number of nitrogens with two attached hydrogens (primary N) is 1. The molecule has 1 unspecified atom stereocenters. The number of benzene rings is 1. The molecular weight excluding hydrogens is 288 g/mol. The van der Waals surface area contributed by atoms with E-state index in [1.165, 1.54) is 0 Å². The molecule has 0 fully saturated rings. The second-order valence-corrected chi connectivity index (χ2v) is 5.47. The lowest BCUT2D eigenvalue weighted by molar-refractivity contribution is 0.0951. The Morgan fingerprint density at radius 2 is 2.29 bits per heavy atom. The zero-order chi connectivity index (χ0) is 15.2. The second kappa shape index (κ2) is 6.85. The lowest BCUT2D eigenvalue weighted by atomic mass is 10.1. The van der Waals surface area contributed by atoms with Gasteiger partial charge in [-0.05, 0) is 12.1 Å². The fraction of sp³-hybridized carbons (Fsp3) is 0.214. The number of rotatable bonds is 5. The van der Waals surface area contributed by atoms with E-state index in [0.717, 1.165) is 5.01 Å². The summed E-state index contributed by atoms with van der Waals surface area (Å²) in [7, 11) is 0. The SMILES string of the molecule is CC(CNC(=O)c1cccc(/C(N)=N/O)c1)c1nccs1. The van der Waals surface area contributed by atoms with E-state index < -0.39 is 0 Å². The highest BCUT2D eigenvalue weighted by Crippen LogP contribution is 2.16. The van der Waals surface area contributed by atoms with Gasteiger partial charge in [0.2, 0.25) is 0 Å². The molecule has 7 heteroatoms. The maximum Gasteiger partial charge on any atom is 0.251 e. The first-order valence-corrected chi connectivity index (χ1v) is 7.25. The quantitative estimate of drug-likeness (QED) is 0.339. The van der Waals surface area contributed by atoms with E-state index in [0.29, 0.717) is 17.7 Å². The first kappa shape index (κ1) is 15.0. The number of nitrogens with zero attached hydrogens (tertiary/aromatic N) is 2. The van der Waals surface area contributed by atoms with Crippen LogP contribution in [0.5, 0.6) is 0 Å². The zero-order valence-corrected chi connectivity index (χ0v) is 12.3. The van der Waals surface area contributed by atoms with Crippen LogP contribution in [0.3, 0.4) is 0 Å². The van der Waals surface area contributed by atoms with E-state index in [1.807, 2.05) is 12.3 Å². The monoisotopic (exact) mass is 304 g/mol. The van der Waals surface area contributed by atoms with Gasteiger partial charge in [-0.1, -0.05) is 24.2 Å². The number of amidine groups is 1. The first-order chi connectivity index (χ1) is 10.1. The van der Waals surface area contributed by atoms with Gasteiger partial charge in [0, 0.05) is 35.2 Å². The number of hydrogen-bond acceptors (Lipinski definition) is 5. The summed E-state index contributed by atoms with van der Waals surface area (Å²) in [5.74, 6) is -0.0759. The van der Waals surface area contributed by atoms with Crippen molar-refractivity contribution in [1.82, 2.24) is 10.3 Å². The number of nitrogens with one attached hydrogen (secondary N) is 1. The van der Waals surface area contributed by atoms with Crippen molar-refractivity contribution in [3.05, 3.63) is 52.0 Å². The summed E-state index contributed by atoms with van der Waals surface area (Å²) < 4.78 is 0. The van der Waals surface area contributed by atoms with Gasteiger partial charge in [-0.15, -0.1) is 11.3 Å². The van der Waals surface area contributed by atoms with Crippen molar-refractivity contribution in [2.45, 2.75) is 12.8 Å². The Hall–Kier alpha value is -2.41. The van der Waals surface area contributed by atoms with Crippen LogP contribution in [0.4, 0.5) is 0 Å². The maximum atomic E-state index is 12.1. The molecule has 0 bridgehead atoms. The Bertz CT molecular complexity index is 640. The van der Waals surface area contributed by atoms with Gasteiger partial charge < -0.3 is 16.3 Å². The van der Waals surface area contributed by atoms with Crippen LogP contribution < -0.4 is 11.1 Å². The molecule has 1 aromatic heterocycles. The lowest BCUT2D eigenvalue weighted by Crippen LogP contribution is -2.27. The molecule has 1 atom stereocenters. The van der Waals surface area contributed by atoms with Crippen LogP contribution in [0.25, 0.3) is 0 Å². The van der Waals surface area contributed by atoms with Gasteiger partial charge in [-0.2, -0.15) is 0 Å². The van der Waals surface area contributed by atoms with Crippen LogP contribution in [-0.4, -0.2) is 28.5 Å². The van der Waals surface area contributed by atoms with Crippen molar-refractivity contribution in [3.8, 4) is 0 Å². The van der Waals surface area contributed by atoms with Crippen molar-refractivity contribution in [2.75, 3.05) is 6.54 Å². The van der Waals surface area contributed by atoms with Crippen LogP contribution >= 0.6 is 11.3 Å². The summed E-state index contributed by atoms with van der Waals surface area (Å²) in [4.78, 5) is 16.3. The fourth-order valence-corrected chi connectivity index (χ4v) is 2.49. The number of hydrogen-bond donors (Lipinski definition) is 3. The molecule has 2 rings (SSSR count). The van der Waals surface area contributed by atoms with Crippen LogP contribution in [0, 0.1) is 0 Å². The molecule has 21 heavy (non-hydrogen) atoms. The predicted octanol–water partition coefficient (Wildman–Crippen LogP) is 1.77. The molecule has 4 N–H and O–H groups in total. The highest BCUT2D eigenvalue weighted by Gasteiger charge is 2.12. The van der Waals surface area contributed by atoms with Crippen molar-refractivity contribution >= 4 is 23.1 Å². The predicted molar refractivity (Wildman–Crippen MR) is 81.8 cm³/mol. The van der Waals surface area contributed by atoms with E-state index in [1.54, 1.807) is 41.8 Å². The Morgan fingerprint density at radius 3 is 2.95 bits per heavy atom. The Morgan fingerprint density at radius 1 is 1.52 bits per heavy atom. The normalized spacial score (nSPS) is 12.9. The summed E-state index contributed by atoms with van der Waals surface area (Å²) in [6.45, 7) is 2.51.